The van der Waals surface area contributed by atoms with Crippen LogP contribution in [0.1, 0.15) is 11.4 Å². The number of aliphatic hydroxyl groups is 1. The molecule has 3 rings (SSSR count). The summed E-state index contributed by atoms with van der Waals surface area (Å²) in [6.07, 6.45) is 3.77. The molecule has 0 spiro atoms. The molecule has 0 aliphatic carbocycles. The minimum atomic E-state index is -0.431. The van der Waals surface area contributed by atoms with Gasteiger partial charge in [0.15, 0.2) is 11.2 Å². The van der Waals surface area contributed by atoms with Gasteiger partial charge in [0.25, 0.3) is 5.56 Å². The van der Waals surface area contributed by atoms with Gasteiger partial charge in [-0.15, -0.1) is 0 Å². The first-order chi connectivity index (χ1) is 14.3. The molecule has 3 aromatic rings. The van der Waals surface area contributed by atoms with Crippen LogP contribution in [0.5, 0.6) is 0 Å². The van der Waals surface area contributed by atoms with Crippen LogP contribution < -0.4 is 11.2 Å². The average Bonchev–Trinajstić information content (AvgIpc) is 3.08. The highest BCUT2D eigenvalue weighted by Crippen LogP contribution is 2.20. The number of nitrogens with zero attached hydrogens (tertiary/aromatic N) is 4. The number of benzene rings is 1. The molecule has 0 aliphatic rings. The lowest BCUT2D eigenvalue weighted by molar-refractivity contribution is 0.335. The molecule has 0 radical (unpaired) electrons. The van der Waals surface area contributed by atoms with Gasteiger partial charge in [-0.05, 0) is 28.8 Å². The average molecular weight is 471 g/mol. The monoisotopic (exact) mass is 470 g/mol. The van der Waals surface area contributed by atoms with Crippen LogP contribution in [0.3, 0.4) is 0 Å². The molecule has 1 aromatic carbocycles. The lowest BCUT2D eigenvalue weighted by atomic mass is 10.1. The second-order valence-electron chi connectivity index (χ2n) is 7.04. The molecule has 2 aromatic heterocycles. The van der Waals surface area contributed by atoms with Gasteiger partial charge >= 0.3 is 5.69 Å². The predicted octanol–water partition coefficient (Wildman–Crippen LogP) is 2.45. The fraction of sp³-hybridized carbons (Fsp3) is 0.227. The number of halogens is 1. The van der Waals surface area contributed by atoms with Crippen molar-refractivity contribution in [3.63, 3.8) is 0 Å². The van der Waals surface area contributed by atoms with Crippen LogP contribution in [0.25, 0.3) is 11.2 Å². The zero-order valence-electron chi connectivity index (χ0n) is 16.9. The second kappa shape index (κ2) is 8.81. The van der Waals surface area contributed by atoms with E-state index < -0.39 is 11.2 Å². The number of fused-ring (bicyclic) bond motifs is 1. The van der Waals surface area contributed by atoms with E-state index in [1.54, 1.807) is 19.2 Å². The first kappa shape index (κ1) is 21.7. The molecule has 8 heteroatoms. The van der Waals surface area contributed by atoms with E-state index in [9.17, 15) is 14.7 Å². The Labute approximate surface area is 182 Å². The van der Waals surface area contributed by atoms with Crippen LogP contribution in [0, 0.1) is 0 Å². The first-order valence-corrected chi connectivity index (χ1v) is 10.1. The van der Waals surface area contributed by atoms with E-state index in [4.69, 9.17) is 0 Å². The normalized spacial score (nSPS) is 11.8. The molecule has 0 bridgehead atoms. The highest BCUT2D eigenvalue weighted by Gasteiger charge is 2.19. The van der Waals surface area contributed by atoms with E-state index in [1.807, 2.05) is 28.8 Å². The molecule has 0 fully saturated rings. The van der Waals surface area contributed by atoms with Crippen molar-refractivity contribution in [1.29, 1.82) is 0 Å². The summed E-state index contributed by atoms with van der Waals surface area (Å²) >= 11 is 3.48. The van der Waals surface area contributed by atoms with Crippen LogP contribution in [0.15, 0.2) is 74.8 Å². The van der Waals surface area contributed by atoms with Crippen molar-refractivity contribution in [2.45, 2.75) is 13.0 Å². The molecule has 1 N–H and O–H groups in total. The minimum Gasteiger partial charge on any atom is -0.392 e. The molecule has 0 saturated heterocycles. The van der Waals surface area contributed by atoms with Crippen LogP contribution >= 0.6 is 15.9 Å². The molecule has 7 nitrogen and oxygen atoms in total. The van der Waals surface area contributed by atoms with Crippen LogP contribution in [-0.2, 0) is 27.1 Å². The summed E-state index contributed by atoms with van der Waals surface area (Å²) in [7, 11) is 3.06. The van der Waals surface area contributed by atoms with Crippen molar-refractivity contribution in [2.24, 2.45) is 14.1 Å². The van der Waals surface area contributed by atoms with Gasteiger partial charge in [-0.1, -0.05) is 53.4 Å². The predicted molar refractivity (Wildman–Crippen MR) is 122 cm³/mol. The summed E-state index contributed by atoms with van der Waals surface area (Å²) in [5.41, 5.74) is 2.18. The van der Waals surface area contributed by atoms with E-state index in [0.29, 0.717) is 35.5 Å². The van der Waals surface area contributed by atoms with Gasteiger partial charge in [-0.2, -0.15) is 0 Å². The summed E-state index contributed by atoms with van der Waals surface area (Å²) in [5.74, 6) is 0.611. The maximum Gasteiger partial charge on any atom is 0.332 e. The van der Waals surface area contributed by atoms with Gasteiger partial charge in [-0.25, -0.2) is 9.78 Å². The SMILES string of the molecule is C=C/C(=C\C(=C)CO)Cc1nc2c(c(=O)n(C)c(=O)n2C)n1Cc1cccc(Br)c1. The molecule has 156 valence electrons. The minimum absolute atomic E-state index is 0.166. The molecule has 0 unspecified atom stereocenters. The smallest absolute Gasteiger partial charge is 0.332 e. The Hall–Kier alpha value is -2.97. The maximum absolute atomic E-state index is 13.0. The number of aliphatic hydroxyl groups excluding tert-OH is 1. The molecule has 30 heavy (non-hydrogen) atoms. The zero-order chi connectivity index (χ0) is 22.0. The Morgan fingerprint density at radius 2 is 2.00 bits per heavy atom. The van der Waals surface area contributed by atoms with Crippen molar-refractivity contribution in [2.75, 3.05) is 6.61 Å². The van der Waals surface area contributed by atoms with E-state index in [2.05, 4.69) is 34.1 Å². The van der Waals surface area contributed by atoms with Gasteiger partial charge < -0.3 is 9.67 Å². The van der Waals surface area contributed by atoms with Gasteiger partial charge in [0, 0.05) is 31.5 Å². The van der Waals surface area contributed by atoms with Crippen molar-refractivity contribution in [3.8, 4) is 0 Å². The summed E-state index contributed by atoms with van der Waals surface area (Å²) in [6.45, 7) is 7.86. The fourth-order valence-electron chi connectivity index (χ4n) is 3.29. The molecule has 2 heterocycles. The summed E-state index contributed by atoms with van der Waals surface area (Å²) in [6, 6.07) is 7.79. The van der Waals surface area contributed by atoms with Crippen LogP contribution in [0.2, 0.25) is 0 Å². The third-order valence-electron chi connectivity index (χ3n) is 4.87. The summed E-state index contributed by atoms with van der Waals surface area (Å²) in [5, 5.41) is 9.28. The third-order valence-corrected chi connectivity index (χ3v) is 5.37. The van der Waals surface area contributed by atoms with Crippen molar-refractivity contribution < 1.29 is 5.11 Å². The van der Waals surface area contributed by atoms with E-state index in [-0.39, 0.29) is 6.61 Å². The molecule has 0 amide bonds. The number of allylic oxidation sites excluding steroid dienone is 2. The topological polar surface area (TPSA) is 82.1 Å². The number of hydrogen-bond acceptors (Lipinski definition) is 4. The van der Waals surface area contributed by atoms with E-state index in [0.717, 1.165) is 20.2 Å². The summed E-state index contributed by atoms with van der Waals surface area (Å²) < 4.78 is 5.22. The van der Waals surface area contributed by atoms with E-state index in [1.165, 1.54) is 11.6 Å². The quantitative estimate of drug-likeness (QED) is 0.537. The van der Waals surface area contributed by atoms with E-state index >= 15 is 0 Å². The molecular weight excluding hydrogens is 448 g/mol. The third kappa shape index (κ3) is 4.15. The summed E-state index contributed by atoms with van der Waals surface area (Å²) in [4.78, 5) is 30.0. The van der Waals surface area contributed by atoms with Crippen molar-refractivity contribution in [1.82, 2.24) is 18.7 Å². The molecule has 0 saturated carbocycles. The zero-order valence-corrected chi connectivity index (χ0v) is 18.5. The number of aromatic nitrogens is 4. The maximum atomic E-state index is 13.0. The Morgan fingerprint density at radius 1 is 1.27 bits per heavy atom. The van der Waals surface area contributed by atoms with Gasteiger partial charge in [-0.3, -0.25) is 13.9 Å². The van der Waals surface area contributed by atoms with Crippen molar-refractivity contribution in [3.05, 3.63) is 97.4 Å². The number of hydrogen-bond donors (Lipinski definition) is 1. The Balaban J connectivity index is 2.26. The first-order valence-electron chi connectivity index (χ1n) is 9.28. The van der Waals surface area contributed by atoms with Crippen molar-refractivity contribution >= 4 is 27.1 Å². The van der Waals surface area contributed by atoms with Gasteiger partial charge in [0.1, 0.15) is 5.82 Å². The molecule has 0 atom stereocenters. The Morgan fingerprint density at radius 3 is 2.63 bits per heavy atom. The Bertz CT molecular complexity index is 1290. The number of aryl methyl sites for hydroxylation is 1. The lowest BCUT2D eigenvalue weighted by Gasteiger charge is -2.11. The number of rotatable bonds is 7. The lowest BCUT2D eigenvalue weighted by Crippen LogP contribution is -2.37. The largest absolute Gasteiger partial charge is 0.392 e. The molecular formula is C22H23BrN4O3. The molecule has 0 aliphatic heterocycles. The highest BCUT2D eigenvalue weighted by atomic mass is 79.9. The van der Waals surface area contributed by atoms with Crippen LogP contribution in [0.4, 0.5) is 0 Å². The highest BCUT2D eigenvalue weighted by molar-refractivity contribution is 9.10. The second-order valence-corrected chi connectivity index (χ2v) is 7.95. The Kier molecular flexibility index (Phi) is 6.38. The fourth-order valence-corrected chi connectivity index (χ4v) is 3.73. The van der Waals surface area contributed by atoms with Gasteiger partial charge in [0.2, 0.25) is 0 Å². The van der Waals surface area contributed by atoms with Crippen LogP contribution in [-0.4, -0.2) is 30.4 Å². The number of imidazole rings is 1. The standard InChI is InChI=1S/C22H23BrN4O3/c1-5-15(9-14(2)13-28)11-18-24-20-19(21(29)26(4)22(30)25(20)3)27(18)12-16-7-6-8-17(23)10-16/h5-10,28H,1-2,11-13H2,3-4H3/b15-9+. The van der Waals surface area contributed by atoms with Gasteiger partial charge in [0.05, 0.1) is 6.61 Å².